The van der Waals surface area contributed by atoms with Crippen molar-refractivity contribution >= 4 is 39.5 Å². The van der Waals surface area contributed by atoms with Crippen LogP contribution in [0.25, 0.3) is 10.9 Å². The van der Waals surface area contributed by atoms with Crippen LogP contribution >= 0.6 is 22.6 Å². The Balaban J connectivity index is 2.54. The predicted molar refractivity (Wildman–Crippen MR) is 87.6 cm³/mol. The lowest BCUT2D eigenvalue weighted by Crippen LogP contribution is -2.44. The molecule has 4 heteroatoms. The van der Waals surface area contributed by atoms with Gasteiger partial charge < -0.3 is 4.90 Å². The summed E-state index contributed by atoms with van der Waals surface area (Å²) < 4.78 is 2.76. The van der Waals surface area contributed by atoms with Crippen molar-refractivity contribution in [2.24, 2.45) is 0 Å². The fraction of sp³-hybridized carbons (Fsp3) is 0.400. The topological polar surface area (TPSA) is 25.2 Å². The number of carbonyl (C=O) groups excluding carboxylic acids is 1. The maximum absolute atomic E-state index is 12.8. The number of rotatable bonds is 2. The van der Waals surface area contributed by atoms with Crippen LogP contribution in [0.4, 0.5) is 4.79 Å². The summed E-state index contributed by atoms with van der Waals surface area (Å²) in [5.41, 5.74) is 0.975. The van der Waals surface area contributed by atoms with E-state index < -0.39 is 0 Å². The van der Waals surface area contributed by atoms with Crippen molar-refractivity contribution in [2.75, 3.05) is 0 Å². The van der Waals surface area contributed by atoms with Gasteiger partial charge in [0, 0.05) is 17.5 Å². The molecule has 0 bridgehead atoms. The van der Waals surface area contributed by atoms with Crippen molar-refractivity contribution in [2.45, 2.75) is 39.8 Å². The highest BCUT2D eigenvalue weighted by molar-refractivity contribution is 14.1. The van der Waals surface area contributed by atoms with E-state index in [0.29, 0.717) is 0 Å². The predicted octanol–water partition coefficient (Wildman–Crippen LogP) is 4.33. The molecule has 0 unspecified atom stereocenters. The fourth-order valence-corrected chi connectivity index (χ4v) is 3.27. The van der Waals surface area contributed by atoms with Crippen LogP contribution in [0.3, 0.4) is 0 Å². The Morgan fingerprint density at radius 1 is 1.16 bits per heavy atom. The third-order valence-corrected chi connectivity index (χ3v) is 3.98. The molecule has 19 heavy (non-hydrogen) atoms. The molecule has 0 fully saturated rings. The largest absolute Gasteiger partial charge is 0.329 e. The Hall–Kier alpha value is -1.04. The Kier molecular flexibility index (Phi) is 4.18. The molecule has 1 amide bonds. The van der Waals surface area contributed by atoms with Crippen LogP contribution in [0.1, 0.15) is 27.7 Å². The molecule has 2 aromatic rings. The lowest BCUT2D eigenvalue weighted by Gasteiger charge is -2.31. The van der Waals surface area contributed by atoms with Crippen LogP contribution in [-0.4, -0.2) is 27.6 Å². The normalized spacial score (nSPS) is 11.5. The molecule has 2 rings (SSSR count). The Bertz CT molecular complexity index is 593. The summed E-state index contributed by atoms with van der Waals surface area (Å²) in [6.07, 6.45) is 0. The van der Waals surface area contributed by atoms with Crippen LogP contribution in [0.15, 0.2) is 30.3 Å². The summed E-state index contributed by atoms with van der Waals surface area (Å²) >= 11 is 2.22. The standard InChI is InChI=1S/C15H19IN2O/c1-10(2)17(11(3)4)15(19)18-13-8-6-5-7-12(13)9-14(18)16/h5-11H,1-4H3. The first-order chi connectivity index (χ1) is 8.93. The quantitative estimate of drug-likeness (QED) is 0.723. The zero-order valence-corrected chi connectivity index (χ0v) is 13.9. The van der Waals surface area contributed by atoms with Crippen molar-refractivity contribution in [1.82, 2.24) is 9.47 Å². The number of nitrogens with zero attached hydrogens (tertiary/aromatic N) is 2. The van der Waals surface area contributed by atoms with Crippen molar-refractivity contribution in [1.29, 1.82) is 0 Å². The molecule has 3 nitrogen and oxygen atoms in total. The lowest BCUT2D eigenvalue weighted by molar-refractivity contribution is 0.167. The zero-order chi connectivity index (χ0) is 14.2. The third-order valence-electron chi connectivity index (χ3n) is 3.19. The second kappa shape index (κ2) is 5.53. The van der Waals surface area contributed by atoms with Crippen LogP contribution in [0.5, 0.6) is 0 Å². The van der Waals surface area contributed by atoms with Gasteiger partial charge in [-0.25, -0.2) is 4.79 Å². The molecule has 1 aromatic carbocycles. The minimum Gasteiger partial charge on any atom is -0.319 e. The molecule has 0 aliphatic heterocycles. The highest BCUT2D eigenvalue weighted by atomic mass is 127. The number of amides is 1. The van der Waals surface area contributed by atoms with Crippen molar-refractivity contribution in [3.8, 4) is 0 Å². The number of carbonyl (C=O) groups is 1. The first-order valence-corrected chi connectivity index (χ1v) is 7.60. The number of hydrogen-bond donors (Lipinski definition) is 0. The molecule has 1 heterocycles. The monoisotopic (exact) mass is 370 g/mol. The van der Waals surface area contributed by atoms with Gasteiger partial charge in [-0.2, -0.15) is 0 Å². The minimum absolute atomic E-state index is 0.0515. The van der Waals surface area contributed by atoms with Gasteiger partial charge in [-0.05, 0) is 62.4 Å². The van der Waals surface area contributed by atoms with E-state index in [1.54, 1.807) is 4.57 Å². The number of aromatic nitrogens is 1. The lowest BCUT2D eigenvalue weighted by atomic mass is 10.2. The molecule has 0 saturated heterocycles. The molecule has 0 atom stereocenters. The smallest absolute Gasteiger partial charge is 0.319 e. The average Bonchev–Trinajstić information content (AvgIpc) is 2.63. The van der Waals surface area contributed by atoms with E-state index in [1.165, 1.54) is 0 Å². The fourth-order valence-electron chi connectivity index (χ4n) is 2.47. The van der Waals surface area contributed by atoms with E-state index in [9.17, 15) is 4.79 Å². The molecule has 0 aliphatic rings. The van der Waals surface area contributed by atoms with E-state index in [0.717, 1.165) is 14.6 Å². The molecule has 102 valence electrons. The van der Waals surface area contributed by atoms with Crippen molar-refractivity contribution in [3.05, 3.63) is 34.0 Å². The first-order valence-electron chi connectivity index (χ1n) is 6.52. The SMILES string of the molecule is CC(C)N(C(=O)n1c(I)cc2ccccc21)C(C)C. The molecule has 0 aliphatic carbocycles. The number of hydrogen-bond acceptors (Lipinski definition) is 1. The van der Waals surface area contributed by atoms with Crippen molar-refractivity contribution in [3.63, 3.8) is 0 Å². The summed E-state index contributed by atoms with van der Waals surface area (Å²) in [6.45, 7) is 8.21. The zero-order valence-electron chi connectivity index (χ0n) is 11.7. The van der Waals surface area contributed by atoms with Gasteiger partial charge in [-0.15, -0.1) is 0 Å². The molecule has 0 saturated carbocycles. The number of fused-ring (bicyclic) bond motifs is 1. The van der Waals surface area contributed by atoms with Gasteiger partial charge in [0.25, 0.3) is 0 Å². The van der Waals surface area contributed by atoms with Crippen LogP contribution in [0.2, 0.25) is 0 Å². The summed E-state index contributed by atoms with van der Waals surface area (Å²) in [5, 5.41) is 1.10. The van der Waals surface area contributed by atoms with Crippen LogP contribution in [0, 0.1) is 3.70 Å². The van der Waals surface area contributed by atoms with Gasteiger partial charge in [0.1, 0.15) is 0 Å². The maximum Gasteiger partial charge on any atom is 0.329 e. The summed E-state index contributed by atoms with van der Waals surface area (Å²) in [4.78, 5) is 14.7. The summed E-state index contributed by atoms with van der Waals surface area (Å²) in [7, 11) is 0. The molecule has 0 spiro atoms. The number of para-hydroxylation sites is 1. The molecule has 0 N–H and O–H groups in total. The number of benzene rings is 1. The van der Waals surface area contributed by atoms with E-state index in [1.807, 2.05) is 35.2 Å². The van der Waals surface area contributed by atoms with E-state index in [-0.39, 0.29) is 18.1 Å². The molecular weight excluding hydrogens is 351 g/mol. The van der Waals surface area contributed by atoms with Crippen LogP contribution < -0.4 is 0 Å². The second-order valence-electron chi connectivity index (χ2n) is 5.24. The summed E-state index contributed by atoms with van der Waals surface area (Å²) in [6, 6.07) is 10.5. The maximum atomic E-state index is 12.8. The van der Waals surface area contributed by atoms with Gasteiger partial charge in [0.15, 0.2) is 0 Å². The average molecular weight is 370 g/mol. The molecule has 0 radical (unpaired) electrons. The second-order valence-corrected chi connectivity index (χ2v) is 6.34. The van der Waals surface area contributed by atoms with E-state index in [2.05, 4.69) is 50.3 Å². The highest BCUT2D eigenvalue weighted by Gasteiger charge is 2.24. The van der Waals surface area contributed by atoms with E-state index >= 15 is 0 Å². The van der Waals surface area contributed by atoms with Crippen molar-refractivity contribution < 1.29 is 4.79 Å². The Labute approximate surface area is 127 Å². The molecule has 1 aromatic heterocycles. The van der Waals surface area contributed by atoms with Gasteiger partial charge in [-0.1, -0.05) is 18.2 Å². The Morgan fingerprint density at radius 3 is 2.32 bits per heavy atom. The third kappa shape index (κ3) is 2.63. The Morgan fingerprint density at radius 2 is 1.74 bits per heavy atom. The minimum atomic E-state index is 0.0515. The van der Waals surface area contributed by atoms with Gasteiger partial charge >= 0.3 is 6.03 Å². The van der Waals surface area contributed by atoms with Gasteiger partial charge in [0.05, 0.1) is 9.22 Å². The summed E-state index contributed by atoms with van der Waals surface area (Å²) in [5.74, 6) is 0. The highest BCUT2D eigenvalue weighted by Crippen LogP contribution is 2.23. The van der Waals surface area contributed by atoms with Gasteiger partial charge in [-0.3, -0.25) is 4.57 Å². The van der Waals surface area contributed by atoms with Gasteiger partial charge in [0.2, 0.25) is 0 Å². The van der Waals surface area contributed by atoms with Crippen LogP contribution in [-0.2, 0) is 0 Å². The molecular formula is C15H19IN2O. The van der Waals surface area contributed by atoms with E-state index in [4.69, 9.17) is 0 Å². The number of halogens is 1. The first kappa shape index (κ1) is 14.4.